The summed E-state index contributed by atoms with van der Waals surface area (Å²) in [5.41, 5.74) is 1.79. The molecule has 0 N–H and O–H groups in total. The Morgan fingerprint density at radius 3 is 3.00 bits per heavy atom. The zero-order valence-electron chi connectivity index (χ0n) is 12.9. The maximum absolute atomic E-state index is 12.4. The number of carbonyl (C=O) groups is 1. The van der Waals surface area contributed by atoms with E-state index in [1.165, 1.54) is 0 Å². The average molecular weight is 360 g/mol. The minimum absolute atomic E-state index is 0.0154. The normalized spacial score (nSPS) is 17.7. The molecule has 2 aromatic heterocycles. The van der Waals surface area contributed by atoms with Crippen molar-refractivity contribution in [2.45, 2.75) is 19.3 Å². The molecule has 5 nitrogen and oxygen atoms in total. The molecular weight excluding hydrogens is 346 g/mol. The van der Waals surface area contributed by atoms with Crippen LogP contribution in [-0.4, -0.2) is 22.6 Å². The molecule has 1 fully saturated rings. The number of benzene rings is 1. The molecule has 24 heavy (non-hydrogen) atoms. The van der Waals surface area contributed by atoms with E-state index in [4.69, 9.17) is 16.1 Å². The molecule has 1 aliphatic rings. The van der Waals surface area contributed by atoms with Crippen molar-refractivity contribution in [2.24, 2.45) is 0 Å². The molecule has 0 radical (unpaired) electrons. The summed E-state index contributed by atoms with van der Waals surface area (Å²) in [6, 6.07) is 9.57. The van der Waals surface area contributed by atoms with Crippen LogP contribution < -0.4 is 4.90 Å². The SMILES string of the molecule is Cc1ccc(N2CC(c3nc(-c4cccs4)no3)CC2=O)c(Cl)c1. The van der Waals surface area contributed by atoms with Crippen LogP contribution in [-0.2, 0) is 4.79 Å². The van der Waals surface area contributed by atoms with E-state index >= 15 is 0 Å². The van der Waals surface area contributed by atoms with Gasteiger partial charge in [-0.3, -0.25) is 4.79 Å². The lowest BCUT2D eigenvalue weighted by Gasteiger charge is -2.18. The number of amides is 1. The molecule has 1 aliphatic heterocycles. The Morgan fingerprint density at radius 1 is 1.38 bits per heavy atom. The van der Waals surface area contributed by atoms with E-state index in [2.05, 4.69) is 10.1 Å². The molecule has 4 rings (SSSR count). The summed E-state index contributed by atoms with van der Waals surface area (Å²) in [4.78, 5) is 19.5. The maximum atomic E-state index is 12.4. The van der Waals surface area contributed by atoms with Gasteiger partial charge in [-0.2, -0.15) is 4.98 Å². The molecule has 0 saturated carbocycles. The zero-order chi connectivity index (χ0) is 16.7. The number of carbonyl (C=O) groups excluding carboxylic acids is 1. The molecule has 7 heteroatoms. The number of thiophene rings is 1. The van der Waals surface area contributed by atoms with Gasteiger partial charge in [0.05, 0.1) is 21.5 Å². The van der Waals surface area contributed by atoms with Gasteiger partial charge < -0.3 is 9.42 Å². The quantitative estimate of drug-likeness (QED) is 0.700. The smallest absolute Gasteiger partial charge is 0.232 e. The van der Waals surface area contributed by atoms with E-state index in [1.807, 2.05) is 42.6 Å². The third-order valence-electron chi connectivity index (χ3n) is 4.05. The van der Waals surface area contributed by atoms with Crippen LogP contribution in [0.2, 0.25) is 5.02 Å². The molecule has 1 saturated heterocycles. The van der Waals surface area contributed by atoms with E-state index < -0.39 is 0 Å². The number of nitrogens with zero attached hydrogens (tertiary/aromatic N) is 3. The van der Waals surface area contributed by atoms with Crippen molar-refractivity contribution < 1.29 is 9.32 Å². The summed E-state index contributed by atoms with van der Waals surface area (Å²) >= 11 is 7.85. The molecule has 0 aliphatic carbocycles. The van der Waals surface area contributed by atoms with Gasteiger partial charge in [0, 0.05) is 13.0 Å². The number of rotatable bonds is 3. The molecule has 3 heterocycles. The highest BCUT2D eigenvalue weighted by Gasteiger charge is 2.36. The largest absolute Gasteiger partial charge is 0.339 e. The summed E-state index contributed by atoms with van der Waals surface area (Å²) in [6.07, 6.45) is 0.344. The van der Waals surface area contributed by atoms with E-state index in [1.54, 1.807) is 16.2 Å². The summed E-state index contributed by atoms with van der Waals surface area (Å²) in [5.74, 6) is 0.967. The van der Waals surface area contributed by atoms with Crippen molar-refractivity contribution in [3.05, 3.63) is 52.2 Å². The number of halogens is 1. The highest BCUT2D eigenvalue weighted by atomic mass is 35.5. The third-order valence-corrected chi connectivity index (χ3v) is 5.22. The standard InChI is InChI=1S/C17H14ClN3O2S/c1-10-4-5-13(12(18)7-10)21-9-11(8-15(21)22)17-19-16(20-23-17)14-3-2-6-24-14/h2-7,11H,8-9H2,1H3. The maximum Gasteiger partial charge on any atom is 0.232 e. The number of anilines is 1. The van der Waals surface area contributed by atoms with Crippen LogP contribution >= 0.6 is 22.9 Å². The minimum atomic E-state index is -0.115. The number of hydrogen-bond acceptors (Lipinski definition) is 5. The van der Waals surface area contributed by atoms with Crippen LogP contribution in [0.15, 0.2) is 40.2 Å². The van der Waals surface area contributed by atoms with Crippen LogP contribution in [0.1, 0.15) is 23.8 Å². The lowest BCUT2D eigenvalue weighted by atomic mass is 10.1. The van der Waals surface area contributed by atoms with Crippen molar-refractivity contribution in [3.8, 4) is 10.7 Å². The second-order valence-electron chi connectivity index (χ2n) is 5.79. The molecule has 0 bridgehead atoms. The third kappa shape index (κ3) is 2.72. The number of aryl methyl sites for hydroxylation is 1. The summed E-state index contributed by atoms with van der Waals surface area (Å²) in [6.45, 7) is 2.46. The van der Waals surface area contributed by atoms with Crippen LogP contribution in [0.5, 0.6) is 0 Å². The summed E-state index contributed by atoms with van der Waals surface area (Å²) < 4.78 is 5.39. The van der Waals surface area contributed by atoms with Gasteiger partial charge >= 0.3 is 0 Å². The van der Waals surface area contributed by atoms with Crippen molar-refractivity contribution in [1.82, 2.24) is 10.1 Å². The first-order valence-electron chi connectivity index (χ1n) is 7.56. The molecule has 0 spiro atoms. The highest BCUT2D eigenvalue weighted by molar-refractivity contribution is 7.13. The molecule has 1 amide bonds. The lowest BCUT2D eigenvalue weighted by Crippen LogP contribution is -2.24. The predicted molar refractivity (Wildman–Crippen MR) is 93.5 cm³/mol. The Kier molecular flexibility index (Phi) is 3.86. The Balaban J connectivity index is 1.58. The van der Waals surface area contributed by atoms with E-state index in [9.17, 15) is 4.79 Å². The monoisotopic (exact) mass is 359 g/mol. The summed E-state index contributed by atoms with van der Waals surface area (Å²) in [7, 11) is 0. The molecule has 122 valence electrons. The predicted octanol–water partition coefficient (Wildman–Crippen LogP) is 4.28. The van der Waals surface area contributed by atoms with Crippen LogP contribution in [0, 0.1) is 6.92 Å². The topological polar surface area (TPSA) is 59.2 Å². The highest BCUT2D eigenvalue weighted by Crippen LogP contribution is 2.35. The van der Waals surface area contributed by atoms with Crippen LogP contribution in [0.4, 0.5) is 5.69 Å². The molecule has 1 unspecified atom stereocenters. The minimum Gasteiger partial charge on any atom is -0.339 e. The first-order valence-corrected chi connectivity index (χ1v) is 8.81. The van der Waals surface area contributed by atoms with Crippen molar-refractivity contribution >= 4 is 34.5 Å². The van der Waals surface area contributed by atoms with Crippen molar-refractivity contribution in [2.75, 3.05) is 11.4 Å². The van der Waals surface area contributed by atoms with Crippen molar-refractivity contribution in [3.63, 3.8) is 0 Å². The fraction of sp³-hybridized carbons (Fsp3) is 0.235. The van der Waals surface area contributed by atoms with E-state index in [0.29, 0.717) is 29.7 Å². The fourth-order valence-electron chi connectivity index (χ4n) is 2.84. The number of hydrogen-bond donors (Lipinski definition) is 0. The molecular formula is C17H14ClN3O2S. The Bertz CT molecular complexity index is 891. The van der Waals surface area contributed by atoms with Crippen LogP contribution in [0.25, 0.3) is 10.7 Å². The second kappa shape index (κ2) is 6.03. The molecule has 1 atom stereocenters. The molecule has 3 aromatic rings. The van der Waals surface area contributed by atoms with Gasteiger partial charge in [-0.05, 0) is 36.1 Å². The second-order valence-corrected chi connectivity index (χ2v) is 7.15. The summed E-state index contributed by atoms with van der Waals surface area (Å²) in [5, 5.41) is 6.57. The Labute approximate surface area is 147 Å². The van der Waals surface area contributed by atoms with E-state index in [-0.39, 0.29) is 11.8 Å². The van der Waals surface area contributed by atoms with Gasteiger partial charge in [0.25, 0.3) is 0 Å². The Morgan fingerprint density at radius 2 is 2.25 bits per heavy atom. The van der Waals surface area contributed by atoms with Gasteiger partial charge in [-0.15, -0.1) is 11.3 Å². The first kappa shape index (κ1) is 15.4. The molecule has 1 aromatic carbocycles. The fourth-order valence-corrected chi connectivity index (χ4v) is 3.83. The van der Waals surface area contributed by atoms with Gasteiger partial charge in [0.15, 0.2) is 0 Å². The van der Waals surface area contributed by atoms with Gasteiger partial charge in [-0.25, -0.2) is 0 Å². The van der Waals surface area contributed by atoms with Crippen LogP contribution in [0.3, 0.4) is 0 Å². The average Bonchev–Trinajstić information content (AvgIpc) is 3.27. The van der Waals surface area contributed by atoms with Gasteiger partial charge in [0.1, 0.15) is 0 Å². The number of aromatic nitrogens is 2. The zero-order valence-corrected chi connectivity index (χ0v) is 14.5. The van der Waals surface area contributed by atoms with E-state index in [0.717, 1.165) is 16.1 Å². The first-order chi connectivity index (χ1) is 11.6. The van der Waals surface area contributed by atoms with Gasteiger partial charge in [-0.1, -0.05) is 28.9 Å². The van der Waals surface area contributed by atoms with Gasteiger partial charge in [0.2, 0.25) is 17.6 Å². The lowest BCUT2D eigenvalue weighted by molar-refractivity contribution is -0.117. The van der Waals surface area contributed by atoms with Crippen molar-refractivity contribution in [1.29, 1.82) is 0 Å². The Hall–Kier alpha value is -2.18.